The van der Waals surface area contributed by atoms with Gasteiger partial charge in [-0.15, -0.1) is 0 Å². The van der Waals surface area contributed by atoms with Crippen LogP contribution < -0.4 is 0 Å². The largest absolute Gasteiger partial charge is 0.391 e. The van der Waals surface area contributed by atoms with E-state index in [0.717, 1.165) is 0 Å². The molecule has 12 heavy (non-hydrogen) atoms. The van der Waals surface area contributed by atoms with Gasteiger partial charge in [0, 0.05) is 0 Å². The Balaban J connectivity index is 2.71. The van der Waals surface area contributed by atoms with Crippen LogP contribution in [0.5, 0.6) is 0 Å². The molecule has 1 saturated carbocycles. The second kappa shape index (κ2) is 2.97. The summed E-state index contributed by atoms with van der Waals surface area (Å²) in [5.74, 6) is -1.93. The molecular weight excluding hydrogens is 164 g/mol. The molecule has 0 aromatic heterocycles. The number of rotatable bonds is 0. The summed E-state index contributed by atoms with van der Waals surface area (Å²) >= 11 is 0. The number of hydrogen-bond donors (Lipinski definition) is 0. The summed E-state index contributed by atoms with van der Waals surface area (Å²) in [6.07, 6.45) is -3.93. The van der Waals surface area contributed by atoms with Crippen molar-refractivity contribution in [2.24, 2.45) is 17.8 Å². The van der Waals surface area contributed by atoms with Gasteiger partial charge in [0.1, 0.15) is 0 Å². The second-order valence-electron chi connectivity index (χ2n) is 3.80. The number of hydrogen-bond acceptors (Lipinski definition) is 0. The van der Waals surface area contributed by atoms with E-state index in [-0.39, 0.29) is 18.3 Å². The topological polar surface area (TPSA) is 0 Å². The zero-order chi connectivity index (χ0) is 9.52. The lowest BCUT2D eigenvalue weighted by Crippen LogP contribution is -2.24. The molecule has 1 fully saturated rings. The molecule has 0 heterocycles. The fourth-order valence-electron chi connectivity index (χ4n) is 1.87. The fraction of sp³-hybridized carbons (Fsp3) is 1.00. The molecule has 4 atom stereocenters. The molecule has 0 nitrogen and oxygen atoms in total. The van der Waals surface area contributed by atoms with Crippen molar-refractivity contribution in [1.82, 2.24) is 0 Å². The van der Waals surface area contributed by atoms with Crippen LogP contribution in [0.4, 0.5) is 13.2 Å². The van der Waals surface area contributed by atoms with Crippen molar-refractivity contribution >= 4 is 7.85 Å². The lowest BCUT2D eigenvalue weighted by atomic mass is 9.73. The Bertz CT molecular complexity index is 166. The third kappa shape index (κ3) is 1.62. The highest BCUT2D eigenvalue weighted by atomic mass is 19.4. The van der Waals surface area contributed by atoms with E-state index in [1.54, 1.807) is 6.92 Å². The van der Waals surface area contributed by atoms with Gasteiger partial charge >= 0.3 is 6.18 Å². The lowest BCUT2D eigenvalue weighted by molar-refractivity contribution is -0.173. The molecule has 1 aliphatic carbocycles. The molecule has 0 N–H and O–H groups in total. The maximum Gasteiger partial charge on any atom is 0.391 e. The molecule has 4 heteroatoms. The summed E-state index contributed by atoms with van der Waals surface area (Å²) in [5.41, 5.74) is 0. The predicted molar refractivity (Wildman–Crippen MR) is 42.0 cm³/mol. The van der Waals surface area contributed by atoms with E-state index >= 15 is 0 Å². The molecule has 4 unspecified atom stereocenters. The summed E-state index contributed by atoms with van der Waals surface area (Å²) in [5, 5.41) is 0. The third-order valence-corrected chi connectivity index (χ3v) is 3.02. The van der Waals surface area contributed by atoms with Crippen LogP contribution in [0.2, 0.25) is 5.82 Å². The molecule has 0 aliphatic heterocycles. The Morgan fingerprint density at radius 2 is 1.75 bits per heavy atom. The first-order chi connectivity index (χ1) is 5.34. The summed E-state index contributed by atoms with van der Waals surface area (Å²) in [4.78, 5) is 0. The molecule has 0 amide bonds. The van der Waals surface area contributed by atoms with Gasteiger partial charge in [-0.3, -0.25) is 0 Å². The van der Waals surface area contributed by atoms with Gasteiger partial charge in [-0.05, 0) is 18.3 Å². The Kier molecular flexibility index (Phi) is 2.46. The highest BCUT2D eigenvalue weighted by Crippen LogP contribution is 2.50. The molecule has 0 bridgehead atoms. The molecule has 0 aromatic rings. The van der Waals surface area contributed by atoms with Crippen LogP contribution in [-0.4, -0.2) is 14.0 Å². The molecule has 0 aromatic carbocycles. The zero-order valence-corrected chi connectivity index (χ0v) is 7.23. The van der Waals surface area contributed by atoms with E-state index in [4.69, 9.17) is 7.85 Å². The first-order valence-electron chi connectivity index (χ1n) is 4.16. The Morgan fingerprint density at radius 1 is 1.25 bits per heavy atom. The van der Waals surface area contributed by atoms with Gasteiger partial charge in [-0.25, -0.2) is 0 Å². The Morgan fingerprint density at radius 3 is 1.92 bits per heavy atom. The van der Waals surface area contributed by atoms with E-state index in [1.165, 1.54) is 0 Å². The molecule has 1 aliphatic rings. The van der Waals surface area contributed by atoms with Crippen molar-refractivity contribution in [3.8, 4) is 0 Å². The van der Waals surface area contributed by atoms with Crippen LogP contribution in [0.3, 0.4) is 0 Å². The summed E-state index contributed by atoms with van der Waals surface area (Å²) in [6, 6.07) is 0. The summed E-state index contributed by atoms with van der Waals surface area (Å²) in [6.45, 7) is 3.62. The second-order valence-corrected chi connectivity index (χ2v) is 3.80. The van der Waals surface area contributed by atoms with E-state index < -0.39 is 17.9 Å². The number of alkyl halides is 3. The van der Waals surface area contributed by atoms with E-state index in [2.05, 4.69) is 0 Å². The van der Waals surface area contributed by atoms with Crippen molar-refractivity contribution in [2.45, 2.75) is 32.3 Å². The standard InChI is InChI=1S/C8H12BF3/c1-4-3-6(8(10,11)12)7(9)5(4)2/h4-7H,3H2,1-2H3. The average Bonchev–Trinajstić information content (AvgIpc) is 2.15. The van der Waals surface area contributed by atoms with Crippen LogP contribution >= 0.6 is 0 Å². The molecule has 0 saturated heterocycles. The third-order valence-electron chi connectivity index (χ3n) is 3.02. The number of halogens is 3. The molecule has 1 rings (SSSR count). The predicted octanol–water partition coefficient (Wildman–Crippen LogP) is 2.80. The van der Waals surface area contributed by atoms with Crippen LogP contribution in [0, 0.1) is 17.8 Å². The highest BCUT2D eigenvalue weighted by molar-refractivity contribution is 6.12. The SMILES string of the molecule is [B]C1C(C)C(C)CC1C(F)(F)F. The molecule has 2 radical (unpaired) electrons. The monoisotopic (exact) mass is 176 g/mol. The maximum absolute atomic E-state index is 12.3. The van der Waals surface area contributed by atoms with Gasteiger partial charge in [0.2, 0.25) is 0 Å². The Labute approximate surface area is 71.9 Å². The maximum atomic E-state index is 12.3. The van der Waals surface area contributed by atoms with Crippen LogP contribution in [0.25, 0.3) is 0 Å². The molecule has 68 valence electrons. The summed E-state index contributed by atoms with van der Waals surface area (Å²) < 4.78 is 36.8. The van der Waals surface area contributed by atoms with E-state index in [1.807, 2.05) is 6.92 Å². The minimum absolute atomic E-state index is 0.0170. The van der Waals surface area contributed by atoms with Gasteiger partial charge < -0.3 is 0 Å². The minimum Gasteiger partial charge on any atom is -0.171 e. The van der Waals surface area contributed by atoms with Crippen molar-refractivity contribution in [3.05, 3.63) is 0 Å². The molecule has 0 spiro atoms. The van der Waals surface area contributed by atoms with E-state index in [0.29, 0.717) is 0 Å². The van der Waals surface area contributed by atoms with Crippen LogP contribution in [-0.2, 0) is 0 Å². The first kappa shape index (κ1) is 9.94. The van der Waals surface area contributed by atoms with Crippen molar-refractivity contribution in [3.63, 3.8) is 0 Å². The first-order valence-corrected chi connectivity index (χ1v) is 4.16. The smallest absolute Gasteiger partial charge is 0.171 e. The van der Waals surface area contributed by atoms with Gasteiger partial charge in [0.05, 0.1) is 13.8 Å². The van der Waals surface area contributed by atoms with Gasteiger partial charge in [-0.1, -0.05) is 19.7 Å². The van der Waals surface area contributed by atoms with Crippen molar-refractivity contribution in [2.75, 3.05) is 0 Å². The quantitative estimate of drug-likeness (QED) is 0.497. The minimum atomic E-state index is -4.11. The molecular formula is C8H12BF3. The van der Waals surface area contributed by atoms with Crippen LogP contribution in [0.1, 0.15) is 20.3 Å². The zero-order valence-electron chi connectivity index (χ0n) is 7.23. The normalized spacial score (nSPS) is 43.4. The average molecular weight is 176 g/mol. The van der Waals surface area contributed by atoms with Gasteiger partial charge in [-0.2, -0.15) is 13.2 Å². The lowest BCUT2D eigenvalue weighted by Gasteiger charge is -2.21. The van der Waals surface area contributed by atoms with Crippen molar-refractivity contribution in [1.29, 1.82) is 0 Å². The van der Waals surface area contributed by atoms with Crippen molar-refractivity contribution < 1.29 is 13.2 Å². The van der Waals surface area contributed by atoms with Gasteiger partial charge in [0.25, 0.3) is 0 Å². The fourth-order valence-corrected chi connectivity index (χ4v) is 1.87. The highest BCUT2D eigenvalue weighted by Gasteiger charge is 2.49. The van der Waals surface area contributed by atoms with Gasteiger partial charge in [0.15, 0.2) is 0 Å². The summed E-state index contributed by atoms with van der Waals surface area (Å²) in [7, 11) is 5.48. The van der Waals surface area contributed by atoms with Crippen LogP contribution in [0.15, 0.2) is 0 Å². The van der Waals surface area contributed by atoms with E-state index in [9.17, 15) is 13.2 Å². The Hall–Kier alpha value is -0.145.